The molecule has 0 fully saturated rings. The summed E-state index contributed by atoms with van der Waals surface area (Å²) >= 11 is 13.4. The summed E-state index contributed by atoms with van der Waals surface area (Å²) in [5.41, 5.74) is 1.68. The van der Waals surface area contributed by atoms with E-state index in [1.54, 1.807) is 13.0 Å². The van der Waals surface area contributed by atoms with Crippen LogP contribution in [0.2, 0.25) is 5.15 Å². The van der Waals surface area contributed by atoms with Gasteiger partial charge < -0.3 is 10.6 Å². The van der Waals surface area contributed by atoms with Gasteiger partial charge >= 0.3 is 0 Å². The summed E-state index contributed by atoms with van der Waals surface area (Å²) in [5.74, 6) is 0.832. The van der Waals surface area contributed by atoms with Gasteiger partial charge in [-0.15, -0.1) is 11.6 Å². The van der Waals surface area contributed by atoms with Crippen LogP contribution in [0, 0.1) is 6.92 Å². The van der Waals surface area contributed by atoms with Crippen LogP contribution in [-0.2, 0) is 0 Å². The van der Waals surface area contributed by atoms with Crippen molar-refractivity contribution in [3.05, 3.63) is 51.5 Å². The van der Waals surface area contributed by atoms with Crippen LogP contribution in [0.25, 0.3) is 0 Å². The Hall–Kier alpha value is -1.96. The second-order valence-corrected chi connectivity index (χ2v) is 7.38. The van der Waals surface area contributed by atoms with E-state index in [0.29, 0.717) is 33.2 Å². The van der Waals surface area contributed by atoms with Gasteiger partial charge in [0.2, 0.25) is 0 Å². The summed E-state index contributed by atoms with van der Waals surface area (Å²) in [7, 11) is 0. The van der Waals surface area contributed by atoms with Crippen LogP contribution in [0.3, 0.4) is 0 Å². The number of amides is 1. The lowest BCUT2D eigenvalue weighted by molar-refractivity contribution is 0.0968. The fourth-order valence-electron chi connectivity index (χ4n) is 2.32. The van der Waals surface area contributed by atoms with Crippen molar-refractivity contribution in [3.8, 4) is 0 Å². The van der Waals surface area contributed by atoms with Crippen molar-refractivity contribution in [2.24, 2.45) is 0 Å². The van der Waals surface area contributed by atoms with Crippen LogP contribution >= 0.6 is 34.5 Å². The maximum Gasteiger partial charge on any atom is 0.267 e. The monoisotopic (exact) mass is 395 g/mol. The van der Waals surface area contributed by atoms with E-state index in [0.717, 1.165) is 11.3 Å². The zero-order valence-corrected chi connectivity index (χ0v) is 15.8. The van der Waals surface area contributed by atoms with E-state index >= 15 is 0 Å². The van der Waals surface area contributed by atoms with E-state index in [-0.39, 0.29) is 11.3 Å². The van der Waals surface area contributed by atoms with Gasteiger partial charge in [0.05, 0.1) is 11.6 Å². The van der Waals surface area contributed by atoms with Crippen molar-refractivity contribution >= 4 is 51.4 Å². The van der Waals surface area contributed by atoms with Gasteiger partial charge in [-0.3, -0.25) is 4.79 Å². The van der Waals surface area contributed by atoms with E-state index in [1.807, 2.05) is 19.1 Å². The third-order valence-electron chi connectivity index (χ3n) is 3.47. The second kappa shape index (κ2) is 7.51. The summed E-state index contributed by atoms with van der Waals surface area (Å²) in [6.07, 6.45) is 6.15. The number of carbonyl (C=O) groups is 1. The molecule has 2 heterocycles. The number of thiazole rings is 1. The van der Waals surface area contributed by atoms with Crippen LogP contribution < -0.4 is 10.6 Å². The topological polar surface area (TPSA) is 79.8 Å². The zero-order valence-electron chi connectivity index (χ0n) is 13.5. The van der Waals surface area contributed by atoms with Gasteiger partial charge in [0, 0.05) is 11.8 Å². The average molecular weight is 396 g/mol. The second-order valence-electron chi connectivity index (χ2n) is 5.43. The molecule has 0 saturated heterocycles. The molecular formula is C16H15Cl2N5OS. The van der Waals surface area contributed by atoms with Gasteiger partial charge in [-0.05, 0) is 25.8 Å². The summed E-state index contributed by atoms with van der Waals surface area (Å²) < 4.78 is 0. The van der Waals surface area contributed by atoms with Crippen molar-refractivity contribution in [2.75, 3.05) is 5.32 Å². The molecule has 6 nitrogen and oxygen atoms in total. The molecule has 1 amide bonds. The van der Waals surface area contributed by atoms with E-state index in [1.165, 1.54) is 17.5 Å². The Labute approximate surface area is 159 Å². The van der Waals surface area contributed by atoms with Crippen molar-refractivity contribution < 1.29 is 4.79 Å². The summed E-state index contributed by atoms with van der Waals surface area (Å²) in [6.45, 7) is 3.66. The number of halogens is 2. The Bertz CT molecular complexity index is 857. The molecular weight excluding hydrogens is 381 g/mol. The number of rotatable bonds is 4. The van der Waals surface area contributed by atoms with Gasteiger partial charge in [-0.2, -0.15) is 0 Å². The molecule has 2 aromatic heterocycles. The number of anilines is 2. The highest BCUT2D eigenvalue weighted by molar-refractivity contribution is 7.17. The largest absolute Gasteiger partial charge is 0.323 e. The summed E-state index contributed by atoms with van der Waals surface area (Å²) in [6, 6.07) is 1.59. The van der Waals surface area contributed by atoms with Crippen LogP contribution in [0.5, 0.6) is 0 Å². The van der Waals surface area contributed by atoms with Crippen LogP contribution in [0.4, 0.5) is 10.9 Å². The molecule has 1 aliphatic rings. The van der Waals surface area contributed by atoms with Gasteiger partial charge in [-0.1, -0.05) is 35.1 Å². The first-order chi connectivity index (χ1) is 11.9. The SMILES string of the molecule is CC1=C(NC(=O)c2cnc(Nc3cc(Cl)nc(C)n3)s2)C(Cl)CC=C1. The number of aromatic nitrogens is 3. The quantitative estimate of drug-likeness (QED) is 0.598. The van der Waals surface area contributed by atoms with Crippen molar-refractivity contribution in [2.45, 2.75) is 25.6 Å². The molecule has 25 heavy (non-hydrogen) atoms. The molecule has 0 radical (unpaired) electrons. The minimum Gasteiger partial charge on any atom is -0.323 e. The van der Waals surface area contributed by atoms with Crippen LogP contribution in [-0.4, -0.2) is 26.2 Å². The molecule has 1 atom stereocenters. The number of alkyl halides is 1. The van der Waals surface area contributed by atoms with Crippen molar-refractivity contribution in [1.82, 2.24) is 20.3 Å². The lowest BCUT2D eigenvalue weighted by atomic mass is 10.0. The highest BCUT2D eigenvalue weighted by Crippen LogP contribution is 2.25. The Morgan fingerprint density at radius 1 is 1.36 bits per heavy atom. The molecule has 0 aliphatic heterocycles. The third kappa shape index (κ3) is 4.36. The van der Waals surface area contributed by atoms with E-state index < -0.39 is 0 Å². The molecule has 0 spiro atoms. The highest BCUT2D eigenvalue weighted by atomic mass is 35.5. The molecule has 3 rings (SSSR count). The van der Waals surface area contributed by atoms with Gasteiger partial charge in [-0.25, -0.2) is 15.0 Å². The van der Waals surface area contributed by atoms with E-state index in [4.69, 9.17) is 23.2 Å². The molecule has 1 unspecified atom stereocenters. The van der Waals surface area contributed by atoms with Crippen LogP contribution in [0.1, 0.15) is 28.8 Å². The van der Waals surface area contributed by atoms with Crippen molar-refractivity contribution in [1.29, 1.82) is 0 Å². The third-order valence-corrected chi connectivity index (χ3v) is 4.97. The van der Waals surface area contributed by atoms with E-state index in [9.17, 15) is 4.79 Å². The fourth-order valence-corrected chi connectivity index (χ4v) is 3.60. The molecule has 0 saturated carbocycles. The molecule has 130 valence electrons. The lowest BCUT2D eigenvalue weighted by Crippen LogP contribution is -2.29. The first-order valence-electron chi connectivity index (χ1n) is 7.49. The van der Waals surface area contributed by atoms with E-state index in [2.05, 4.69) is 25.6 Å². The standard InChI is InChI=1S/C16H15Cl2N5OS/c1-8-4-3-5-10(17)14(8)23-15(24)11-7-19-16(25-11)22-13-6-12(18)20-9(2)21-13/h3-4,6-7,10H,5H2,1-2H3,(H,23,24)(H,19,20,21,22). The zero-order chi connectivity index (χ0) is 18.0. The van der Waals surface area contributed by atoms with Crippen LogP contribution in [0.15, 0.2) is 35.7 Å². The van der Waals surface area contributed by atoms with Gasteiger partial charge in [0.15, 0.2) is 5.13 Å². The molecule has 0 bridgehead atoms. The molecule has 2 aromatic rings. The van der Waals surface area contributed by atoms with Gasteiger partial charge in [0.25, 0.3) is 5.91 Å². The number of nitrogens with zero attached hydrogens (tertiary/aromatic N) is 3. The number of hydrogen-bond acceptors (Lipinski definition) is 6. The molecule has 2 N–H and O–H groups in total. The molecule has 9 heteroatoms. The summed E-state index contributed by atoms with van der Waals surface area (Å²) in [5, 5.41) is 6.55. The lowest BCUT2D eigenvalue weighted by Gasteiger charge is -2.19. The Morgan fingerprint density at radius 2 is 2.16 bits per heavy atom. The first-order valence-corrected chi connectivity index (χ1v) is 9.12. The molecule has 1 aliphatic carbocycles. The first kappa shape index (κ1) is 17.8. The Balaban J connectivity index is 1.72. The minimum absolute atomic E-state index is 0.231. The minimum atomic E-state index is -0.238. The number of carbonyl (C=O) groups excluding carboxylic acids is 1. The Morgan fingerprint density at radius 3 is 2.88 bits per heavy atom. The normalized spacial score (nSPS) is 16.9. The fraction of sp³-hybridized carbons (Fsp3) is 0.250. The number of aryl methyl sites for hydroxylation is 1. The maximum atomic E-state index is 12.4. The number of nitrogens with one attached hydrogen (secondary N) is 2. The predicted molar refractivity (Wildman–Crippen MR) is 101 cm³/mol. The predicted octanol–water partition coefficient (Wildman–Crippen LogP) is 4.21. The average Bonchev–Trinajstić information content (AvgIpc) is 2.98. The summed E-state index contributed by atoms with van der Waals surface area (Å²) in [4.78, 5) is 25.3. The maximum absolute atomic E-state index is 12.4. The number of allylic oxidation sites excluding steroid dienone is 4. The van der Waals surface area contributed by atoms with Crippen molar-refractivity contribution in [3.63, 3.8) is 0 Å². The molecule has 0 aromatic carbocycles. The smallest absolute Gasteiger partial charge is 0.267 e. The number of hydrogen-bond donors (Lipinski definition) is 2. The highest BCUT2D eigenvalue weighted by Gasteiger charge is 2.20. The van der Waals surface area contributed by atoms with Gasteiger partial charge in [0.1, 0.15) is 21.7 Å². The Kier molecular flexibility index (Phi) is 5.36.